The maximum Gasteiger partial charge on any atom is 0.242 e. The number of carbonyl (C=O) groups excluding carboxylic acids is 3. The largest absolute Gasteiger partial charge is 0.394 e. The molecule has 32 heavy (non-hydrogen) atoms. The molecule has 11 nitrogen and oxygen atoms in total. The van der Waals surface area contributed by atoms with Gasteiger partial charge in [-0.2, -0.15) is 0 Å². The number of aliphatic hydroxyl groups is 1. The average Bonchev–Trinajstić information content (AvgIpc) is 2.74. The fraction of sp³-hybridized carbons (Fsp3) is 0.450. The highest BCUT2D eigenvalue weighted by atomic mass is 32.2. The molecule has 12 heteroatoms. The Labute approximate surface area is 187 Å². The Hall–Kier alpha value is -2.96. The molecule has 0 saturated carbocycles. The van der Waals surface area contributed by atoms with Gasteiger partial charge in [-0.15, -0.1) is 0 Å². The van der Waals surface area contributed by atoms with Gasteiger partial charge in [0.15, 0.2) is 0 Å². The van der Waals surface area contributed by atoms with E-state index in [1.807, 2.05) is 0 Å². The van der Waals surface area contributed by atoms with E-state index in [0.29, 0.717) is 37.1 Å². The van der Waals surface area contributed by atoms with Gasteiger partial charge >= 0.3 is 0 Å². The SMILES string of the molecule is C=C(N)NCCCC(C=O)NC(=O)[C@H](C)NC(=O)[C@@H](CO)NS(=O)(=O)Cc1ccccc1. The van der Waals surface area contributed by atoms with E-state index in [2.05, 4.69) is 27.3 Å². The molecule has 1 aromatic rings. The maximum absolute atomic E-state index is 12.4. The van der Waals surface area contributed by atoms with E-state index in [1.165, 1.54) is 6.92 Å². The van der Waals surface area contributed by atoms with E-state index in [4.69, 9.17) is 5.73 Å². The smallest absolute Gasteiger partial charge is 0.242 e. The number of carbonyl (C=O) groups is 3. The van der Waals surface area contributed by atoms with Gasteiger partial charge in [0.05, 0.1) is 24.2 Å². The van der Waals surface area contributed by atoms with Gasteiger partial charge in [0.25, 0.3) is 0 Å². The summed E-state index contributed by atoms with van der Waals surface area (Å²) >= 11 is 0. The van der Waals surface area contributed by atoms with Crippen molar-refractivity contribution in [1.82, 2.24) is 20.7 Å². The molecule has 1 aromatic carbocycles. The van der Waals surface area contributed by atoms with E-state index in [9.17, 15) is 27.9 Å². The number of aliphatic hydroxyl groups excluding tert-OH is 1. The molecule has 0 fully saturated rings. The van der Waals surface area contributed by atoms with Crippen molar-refractivity contribution in [1.29, 1.82) is 0 Å². The molecule has 0 aliphatic rings. The number of benzene rings is 1. The van der Waals surface area contributed by atoms with Crippen molar-refractivity contribution in [2.75, 3.05) is 13.2 Å². The Bertz CT molecular complexity index is 878. The summed E-state index contributed by atoms with van der Waals surface area (Å²) in [6.45, 7) is 4.53. The summed E-state index contributed by atoms with van der Waals surface area (Å²) in [5.74, 6) is -1.58. The van der Waals surface area contributed by atoms with E-state index < -0.39 is 46.6 Å². The Morgan fingerprint density at radius 3 is 2.41 bits per heavy atom. The first-order valence-electron chi connectivity index (χ1n) is 9.97. The van der Waals surface area contributed by atoms with Gasteiger partial charge in [-0.3, -0.25) is 9.59 Å². The molecule has 1 unspecified atom stereocenters. The summed E-state index contributed by atoms with van der Waals surface area (Å²) in [4.78, 5) is 35.9. The molecule has 0 aliphatic heterocycles. The van der Waals surface area contributed by atoms with E-state index in [0.717, 1.165) is 0 Å². The van der Waals surface area contributed by atoms with Gasteiger partial charge in [-0.1, -0.05) is 36.9 Å². The standard InChI is InChI=1S/C20H31N5O6S/c1-14(19(28)24-17(11-26)9-6-10-22-15(2)21)23-20(29)18(12-27)25-32(30,31)13-16-7-4-3-5-8-16/h3-5,7-8,11,14,17-18,22,25,27H,2,6,9-10,12-13,21H2,1H3,(H,23,29)(H,24,28)/t14-,17?,18+/m0/s1. The van der Waals surface area contributed by atoms with Gasteiger partial charge in [0.2, 0.25) is 21.8 Å². The number of amides is 2. The highest BCUT2D eigenvalue weighted by Crippen LogP contribution is 2.05. The van der Waals surface area contributed by atoms with Crippen LogP contribution >= 0.6 is 0 Å². The lowest BCUT2D eigenvalue weighted by Crippen LogP contribution is -2.55. The predicted octanol–water partition coefficient (Wildman–Crippen LogP) is -1.54. The zero-order chi connectivity index (χ0) is 24.1. The third-order valence-electron chi connectivity index (χ3n) is 4.31. The lowest BCUT2D eigenvalue weighted by molar-refractivity contribution is -0.130. The molecule has 2 amide bonds. The molecule has 3 atom stereocenters. The molecule has 0 radical (unpaired) electrons. The molecule has 7 N–H and O–H groups in total. The van der Waals surface area contributed by atoms with E-state index in [1.54, 1.807) is 30.3 Å². The number of sulfonamides is 1. The van der Waals surface area contributed by atoms with Crippen LogP contribution in [0.25, 0.3) is 0 Å². The number of rotatable bonds is 15. The van der Waals surface area contributed by atoms with Crippen molar-refractivity contribution in [2.24, 2.45) is 5.73 Å². The lowest BCUT2D eigenvalue weighted by Gasteiger charge is -2.21. The number of hydrogen-bond donors (Lipinski definition) is 6. The first-order chi connectivity index (χ1) is 15.1. The Morgan fingerprint density at radius 2 is 1.84 bits per heavy atom. The Balaban J connectivity index is 2.58. The summed E-state index contributed by atoms with van der Waals surface area (Å²) in [6.07, 6.45) is 1.46. The quantitative estimate of drug-likeness (QED) is 0.132. The Kier molecular flexibility index (Phi) is 11.4. The van der Waals surface area contributed by atoms with Crippen molar-refractivity contribution in [3.63, 3.8) is 0 Å². The molecule has 0 aliphatic carbocycles. The number of aldehydes is 1. The monoisotopic (exact) mass is 469 g/mol. The van der Waals surface area contributed by atoms with Crippen molar-refractivity contribution < 1.29 is 27.9 Å². The van der Waals surface area contributed by atoms with E-state index in [-0.39, 0.29) is 5.75 Å². The van der Waals surface area contributed by atoms with Crippen molar-refractivity contribution >= 4 is 28.1 Å². The van der Waals surface area contributed by atoms with Crippen LogP contribution in [0, 0.1) is 0 Å². The molecule has 0 heterocycles. The molecule has 0 saturated heterocycles. The number of nitrogens with one attached hydrogen (secondary N) is 4. The van der Waals surface area contributed by atoms with Crippen LogP contribution in [-0.2, 0) is 30.2 Å². The summed E-state index contributed by atoms with van der Waals surface area (Å²) in [5.41, 5.74) is 5.89. The third-order valence-corrected chi connectivity index (χ3v) is 5.67. The number of nitrogens with two attached hydrogens (primary N) is 1. The maximum atomic E-state index is 12.4. The van der Waals surface area contributed by atoms with Crippen LogP contribution in [0.1, 0.15) is 25.3 Å². The van der Waals surface area contributed by atoms with Gasteiger partial charge in [0.1, 0.15) is 18.4 Å². The lowest BCUT2D eigenvalue weighted by atomic mass is 10.1. The van der Waals surface area contributed by atoms with Crippen LogP contribution in [-0.4, -0.2) is 62.9 Å². The van der Waals surface area contributed by atoms with Gasteiger partial charge < -0.3 is 31.6 Å². The molecule has 0 spiro atoms. The first-order valence-corrected chi connectivity index (χ1v) is 11.6. The summed E-state index contributed by atoms with van der Waals surface area (Å²) < 4.78 is 26.7. The fourth-order valence-corrected chi connectivity index (χ4v) is 3.99. The van der Waals surface area contributed by atoms with Crippen LogP contribution in [0.3, 0.4) is 0 Å². The zero-order valence-corrected chi connectivity index (χ0v) is 18.7. The average molecular weight is 470 g/mol. The van der Waals surface area contributed by atoms with Gasteiger partial charge in [-0.25, -0.2) is 13.1 Å². The summed E-state index contributed by atoms with van der Waals surface area (Å²) in [7, 11) is -3.93. The van der Waals surface area contributed by atoms with Crippen molar-refractivity contribution in [2.45, 2.75) is 43.6 Å². The summed E-state index contributed by atoms with van der Waals surface area (Å²) in [6, 6.07) is 5.02. The Morgan fingerprint density at radius 1 is 1.19 bits per heavy atom. The predicted molar refractivity (Wildman–Crippen MR) is 119 cm³/mol. The molecule has 1 rings (SSSR count). The van der Waals surface area contributed by atoms with E-state index >= 15 is 0 Å². The fourth-order valence-electron chi connectivity index (χ4n) is 2.66. The normalized spacial score (nSPS) is 13.9. The highest BCUT2D eigenvalue weighted by Gasteiger charge is 2.27. The second-order valence-electron chi connectivity index (χ2n) is 7.17. The van der Waals surface area contributed by atoms with Crippen LogP contribution in [0.5, 0.6) is 0 Å². The zero-order valence-electron chi connectivity index (χ0n) is 17.9. The van der Waals surface area contributed by atoms with Crippen molar-refractivity contribution in [3.8, 4) is 0 Å². The molecular weight excluding hydrogens is 438 g/mol. The van der Waals surface area contributed by atoms with Gasteiger partial charge in [0, 0.05) is 6.54 Å². The van der Waals surface area contributed by atoms with Crippen LogP contribution in [0.15, 0.2) is 42.7 Å². The van der Waals surface area contributed by atoms with Crippen LogP contribution in [0.2, 0.25) is 0 Å². The second-order valence-corrected chi connectivity index (χ2v) is 8.93. The first kappa shape index (κ1) is 27.1. The minimum Gasteiger partial charge on any atom is -0.394 e. The van der Waals surface area contributed by atoms with Crippen LogP contribution < -0.4 is 26.4 Å². The molecular formula is C20H31N5O6S. The molecule has 0 bridgehead atoms. The minimum atomic E-state index is -3.93. The molecule has 178 valence electrons. The van der Waals surface area contributed by atoms with Crippen LogP contribution in [0.4, 0.5) is 0 Å². The van der Waals surface area contributed by atoms with Gasteiger partial charge in [-0.05, 0) is 25.3 Å². The topological polar surface area (TPSA) is 180 Å². The van der Waals surface area contributed by atoms with Crippen molar-refractivity contribution in [3.05, 3.63) is 48.3 Å². The number of hydrogen-bond acceptors (Lipinski definition) is 8. The highest BCUT2D eigenvalue weighted by molar-refractivity contribution is 7.88. The second kappa shape index (κ2) is 13.5. The molecule has 0 aromatic heterocycles. The third kappa shape index (κ3) is 10.4. The minimum absolute atomic E-state index is 0.297. The summed E-state index contributed by atoms with van der Waals surface area (Å²) in [5, 5.41) is 17.1.